The molecule has 1 aromatic heterocycles. The van der Waals surface area contributed by atoms with E-state index in [-0.39, 0.29) is 18.5 Å². The van der Waals surface area contributed by atoms with E-state index < -0.39 is 29.3 Å². The predicted octanol–water partition coefficient (Wildman–Crippen LogP) is 1.43. The topological polar surface area (TPSA) is 82.8 Å². The first-order chi connectivity index (χ1) is 11.5. The Labute approximate surface area is 144 Å². The lowest BCUT2D eigenvalue weighted by atomic mass is 9.87. The predicted molar refractivity (Wildman–Crippen MR) is 85.0 cm³/mol. The first kappa shape index (κ1) is 16.3. The van der Waals surface area contributed by atoms with Crippen molar-refractivity contribution in [1.82, 2.24) is 9.55 Å². The quantitative estimate of drug-likeness (QED) is 0.766. The Bertz CT molecular complexity index is 689. The van der Waals surface area contributed by atoms with Gasteiger partial charge in [-0.1, -0.05) is 0 Å². The summed E-state index contributed by atoms with van der Waals surface area (Å²) in [6.45, 7) is 2.08. The highest BCUT2D eigenvalue weighted by molar-refractivity contribution is 6.18. The molecule has 1 spiro atoms. The van der Waals surface area contributed by atoms with Gasteiger partial charge in [-0.15, -0.1) is 11.6 Å². The number of hydrogen-bond acceptors (Lipinski definition) is 6. The Morgan fingerprint density at radius 1 is 1.46 bits per heavy atom. The van der Waals surface area contributed by atoms with Crippen LogP contribution in [-0.4, -0.2) is 44.6 Å². The van der Waals surface area contributed by atoms with Gasteiger partial charge in [-0.05, 0) is 19.8 Å². The second-order valence-electron chi connectivity index (χ2n) is 7.00. The fourth-order valence-electron chi connectivity index (χ4n) is 4.09. The maximum absolute atomic E-state index is 11.5. The summed E-state index contributed by atoms with van der Waals surface area (Å²) in [6, 6.07) is 1.36. The third-order valence-electron chi connectivity index (χ3n) is 5.31. The van der Waals surface area contributed by atoms with Crippen molar-refractivity contribution in [1.29, 1.82) is 0 Å². The Morgan fingerprint density at radius 2 is 2.21 bits per heavy atom. The van der Waals surface area contributed by atoms with Crippen molar-refractivity contribution >= 4 is 11.6 Å². The largest absolute Gasteiger partial charge is 0.464 e. The molecule has 0 radical (unpaired) electrons. The molecular formula is C16H21ClN2O5. The second-order valence-corrected chi connectivity index (χ2v) is 7.31. The van der Waals surface area contributed by atoms with Crippen LogP contribution >= 0.6 is 11.6 Å². The van der Waals surface area contributed by atoms with Gasteiger partial charge in [0.15, 0.2) is 12.0 Å². The van der Waals surface area contributed by atoms with E-state index in [4.69, 9.17) is 25.8 Å². The molecule has 0 aromatic carbocycles. The lowest BCUT2D eigenvalue weighted by molar-refractivity contribution is -0.208. The minimum atomic E-state index is -1.10. The molecule has 24 heavy (non-hydrogen) atoms. The number of fused-ring (bicyclic) bond motifs is 2. The molecule has 0 bridgehead atoms. The molecule has 8 heteroatoms. The lowest BCUT2D eigenvalue weighted by Gasteiger charge is -2.39. The normalized spacial score (nSPS) is 37.4. The SMILES string of the molecule is C[C@@]12OC3(CCCC3)O[C@@H]1[C@@H](CCl)COc1nc(=O)ccn1[C@@H]2O. The number of halogens is 1. The Hall–Kier alpha value is -1.15. The van der Waals surface area contributed by atoms with Crippen LogP contribution in [0.15, 0.2) is 17.1 Å². The van der Waals surface area contributed by atoms with Gasteiger partial charge in [0.2, 0.25) is 0 Å². The van der Waals surface area contributed by atoms with E-state index in [1.807, 2.05) is 6.92 Å². The molecule has 3 aliphatic rings. The van der Waals surface area contributed by atoms with Crippen molar-refractivity contribution < 1.29 is 19.3 Å². The Balaban J connectivity index is 1.80. The molecule has 7 nitrogen and oxygen atoms in total. The van der Waals surface area contributed by atoms with Gasteiger partial charge >= 0.3 is 6.01 Å². The lowest BCUT2D eigenvalue weighted by Crippen LogP contribution is -2.52. The van der Waals surface area contributed by atoms with E-state index in [1.165, 1.54) is 16.8 Å². The van der Waals surface area contributed by atoms with Crippen LogP contribution in [0.3, 0.4) is 0 Å². The van der Waals surface area contributed by atoms with E-state index in [2.05, 4.69) is 4.98 Å². The van der Waals surface area contributed by atoms with Crippen molar-refractivity contribution in [2.45, 2.75) is 56.3 Å². The van der Waals surface area contributed by atoms with Crippen molar-refractivity contribution in [2.75, 3.05) is 12.5 Å². The number of aliphatic hydroxyl groups excluding tert-OH is 1. The summed E-state index contributed by atoms with van der Waals surface area (Å²) in [7, 11) is 0. The fraction of sp³-hybridized carbons (Fsp3) is 0.750. The minimum absolute atomic E-state index is 0.0702. The monoisotopic (exact) mass is 356 g/mol. The van der Waals surface area contributed by atoms with Crippen LogP contribution in [0.1, 0.15) is 38.8 Å². The first-order valence-corrected chi connectivity index (χ1v) is 8.85. The Morgan fingerprint density at radius 3 is 2.92 bits per heavy atom. The highest BCUT2D eigenvalue weighted by atomic mass is 35.5. The smallest absolute Gasteiger partial charge is 0.301 e. The molecule has 1 saturated carbocycles. The van der Waals surface area contributed by atoms with Crippen molar-refractivity contribution in [3.63, 3.8) is 0 Å². The van der Waals surface area contributed by atoms with Gasteiger partial charge in [0.25, 0.3) is 5.56 Å². The molecule has 132 valence electrons. The van der Waals surface area contributed by atoms with Gasteiger partial charge in [0, 0.05) is 36.9 Å². The van der Waals surface area contributed by atoms with Crippen LogP contribution in [0.2, 0.25) is 0 Å². The average molecular weight is 357 g/mol. The number of nitrogens with zero attached hydrogens (tertiary/aromatic N) is 2. The molecule has 4 rings (SSSR count). The molecule has 4 atom stereocenters. The molecule has 0 unspecified atom stereocenters. The van der Waals surface area contributed by atoms with Crippen molar-refractivity contribution in [2.24, 2.45) is 5.92 Å². The van der Waals surface area contributed by atoms with Gasteiger partial charge in [-0.2, -0.15) is 4.98 Å². The van der Waals surface area contributed by atoms with Crippen LogP contribution in [-0.2, 0) is 9.47 Å². The maximum atomic E-state index is 11.5. The number of ether oxygens (including phenoxy) is 3. The van der Waals surface area contributed by atoms with Crippen LogP contribution in [0.5, 0.6) is 6.01 Å². The van der Waals surface area contributed by atoms with Gasteiger partial charge in [-0.3, -0.25) is 9.36 Å². The average Bonchev–Trinajstić information content (AvgIpc) is 3.12. The molecule has 1 aliphatic carbocycles. The highest BCUT2D eigenvalue weighted by Gasteiger charge is 2.61. The van der Waals surface area contributed by atoms with Crippen molar-refractivity contribution in [3.05, 3.63) is 22.6 Å². The summed E-state index contributed by atoms with van der Waals surface area (Å²) in [4.78, 5) is 15.4. The first-order valence-electron chi connectivity index (χ1n) is 8.31. The standard InChI is InChI=1S/C16H21ClN2O5/c1-15-12(23-16(24-15)5-2-3-6-16)10(8-17)9-22-14-18-11(20)4-7-19(14)13(15)21/h4,7,10,12-13,21H,2-3,5-6,8-9H2,1H3/t10-,12+,13+,15+/m0/s1. The van der Waals surface area contributed by atoms with Gasteiger partial charge in [0.1, 0.15) is 11.7 Å². The van der Waals surface area contributed by atoms with Crippen molar-refractivity contribution in [3.8, 4) is 6.01 Å². The minimum Gasteiger partial charge on any atom is -0.464 e. The van der Waals surface area contributed by atoms with E-state index in [0.717, 1.165) is 25.7 Å². The van der Waals surface area contributed by atoms with Crippen LogP contribution in [0.4, 0.5) is 0 Å². The number of rotatable bonds is 1. The summed E-state index contributed by atoms with van der Waals surface area (Å²) < 4.78 is 19.8. The number of aliphatic hydroxyl groups is 1. The third-order valence-corrected chi connectivity index (χ3v) is 5.71. The zero-order valence-electron chi connectivity index (χ0n) is 13.5. The van der Waals surface area contributed by atoms with Crippen LogP contribution in [0.25, 0.3) is 0 Å². The summed E-state index contributed by atoms with van der Waals surface area (Å²) in [5.74, 6) is -0.553. The number of hydrogen-bond donors (Lipinski definition) is 1. The molecule has 3 heterocycles. The zero-order valence-corrected chi connectivity index (χ0v) is 14.2. The summed E-state index contributed by atoms with van der Waals surface area (Å²) in [6.07, 6.45) is 3.64. The van der Waals surface area contributed by atoms with E-state index >= 15 is 0 Å². The van der Waals surface area contributed by atoms with Crippen LogP contribution in [0, 0.1) is 5.92 Å². The number of aromatic nitrogens is 2. The highest BCUT2D eigenvalue weighted by Crippen LogP contribution is 2.52. The summed E-state index contributed by atoms with van der Waals surface area (Å²) in [5, 5.41) is 11.0. The number of alkyl halides is 1. The Kier molecular flexibility index (Phi) is 3.87. The maximum Gasteiger partial charge on any atom is 0.301 e. The second kappa shape index (κ2) is 5.69. The summed E-state index contributed by atoms with van der Waals surface area (Å²) >= 11 is 6.15. The molecule has 1 aromatic rings. The molecule has 1 N–H and O–H groups in total. The zero-order chi connectivity index (χ0) is 16.9. The molecule has 2 fully saturated rings. The van der Waals surface area contributed by atoms with Gasteiger partial charge < -0.3 is 19.3 Å². The summed E-state index contributed by atoms with van der Waals surface area (Å²) in [5.41, 5.74) is -1.42. The van der Waals surface area contributed by atoms with Crippen LogP contribution < -0.4 is 10.3 Å². The fourth-order valence-corrected chi connectivity index (χ4v) is 4.34. The van der Waals surface area contributed by atoms with E-state index in [9.17, 15) is 9.90 Å². The van der Waals surface area contributed by atoms with Gasteiger partial charge in [-0.25, -0.2) is 0 Å². The van der Waals surface area contributed by atoms with E-state index in [1.54, 1.807) is 0 Å². The molecule has 2 aliphatic heterocycles. The molecule has 0 amide bonds. The van der Waals surface area contributed by atoms with E-state index in [0.29, 0.717) is 5.88 Å². The molecule has 1 saturated heterocycles. The van der Waals surface area contributed by atoms with Gasteiger partial charge in [0.05, 0.1) is 6.61 Å². The molecular weight excluding hydrogens is 336 g/mol. The third kappa shape index (κ3) is 2.37.